The number of anilines is 1. The lowest BCUT2D eigenvalue weighted by Crippen LogP contribution is -2.21. The zero-order valence-corrected chi connectivity index (χ0v) is 11.4. The zero-order chi connectivity index (χ0) is 13.5. The third-order valence-electron chi connectivity index (χ3n) is 2.93. The van der Waals surface area contributed by atoms with Crippen molar-refractivity contribution >= 4 is 17.0 Å². The van der Waals surface area contributed by atoms with Crippen LogP contribution in [0.15, 0.2) is 18.2 Å². The second-order valence-electron chi connectivity index (χ2n) is 5.75. The van der Waals surface area contributed by atoms with Gasteiger partial charge < -0.3 is 15.4 Å². The number of aromatic nitrogens is 2. The van der Waals surface area contributed by atoms with Crippen molar-refractivity contribution in [2.75, 3.05) is 5.73 Å². The number of benzene rings is 1. The van der Waals surface area contributed by atoms with Crippen LogP contribution in [0.1, 0.15) is 39.3 Å². The molecule has 4 nitrogen and oxygen atoms in total. The summed E-state index contributed by atoms with van der Waals surface area (Å²) in [5.41, 5.74) is 8.23. The van der Waals surface area contributed by atoms with Crippen LogP contribution in [0.25, 0.3) is 11.0 Å². The number of nitrogen functional groups attached to an aromatic ring is 1. The Kier molecular flexibility index (Phi) is 3.07. The second-order valence-corrected chi connectivity index (χ2v) is 5.75. The SMILES string of the molecule is CC(C)n1c(N)nc2cc(CC(C)(C)O)ccc21. The number of nitrogens with zero attached hydrogens (tertiary/aromatic N) is 2. The molecule has 0 fully saturated rings. The Bertz CT molecular complexity index is 564. The summed E-state index contributed by atoms with van der Waals surface area (Å²) in [4.78, 5) is 4.38. The first kappa shape index (κ1) is 12.9. The highest BCUT2D eigenvalue weighted by molar-refractivity contribution is 5.79. The number of hydrogen-bond acceptors (Lipinski definition) is 3. The quantitative estimate of drug-likeness (QED) is 0.876. The summed E-state index contributed by atoms with van der Waals surface area (Å²) in [6.07, 6.45) is 0.609. The monoisotopic (exact) mass is 247 g/mol. The lowest BCUT2D eigenvalue weighted by atomic mass is 9.98. The normalized spacial score (nSPS) is 12.6. The molecule has 2 rings (SSSR count). The maximum atomic E-state index is 9.84. The topological polar surface area (TPSA) is 64.1 Å². The van der Waals surface area contributed by atoms with Gasteiger partial charge in [-0.05, 0) is 45.4 Å². The average Bonchev–Trinajstić information content (AvgIpc) is 2.50. The highest BCUT2D eigenvalue weighted by atomic mass is 16.3. The minimum atomic E-state index is -0.708. The van der Waals surface area contributed by atoms with Gasteiger partial charge in [0.25, 0.3) is 0 Å². The molecule has 0 radical (unpaired) electrons. The van der Waals surface area contributed by atoms with Gasteiger partial charge in [0.15, 0.2) is 0 Å². The van der Waals surface area contributed by atoms with Crippen molar-refractivity contribution < 1.29 is 5.11 Å². The fourth-order valence-electron chi connectivity index (χ4n) is 2.32. The van der Waals surface area contributed by atoms with E-state index in [-0.39, 0.29) is 6.04 Å². The highest BCUT2D eigenvalue weighted by Crippen LogP contribution is 2.24. The first-order valence-electron chi connectivity index (χ1n) is 6.26. The van der Waals surface area contributed by atoms with E-state index >= 15 is 0 Å². The third kappa shape index (κ3) is 2.48. The van der Waals surface area contributed by atoms with Gasteiger partial charge >= 0.3 is 0 Å². The van der Waals surface area contributed by atoms with Gasteiger partial charge in [-0.2, -0.15) is 0 Å². The standard InChI is InChI=1S/C14H21N3O/c1-9(2)17-12-6-5-10(8-14(3,4)18)7-11(12)16-13(17)15/h5-7,9,18H,8H2,1-4H3,(H2,15,16). The molecule has 3 N–H and O–H groups in total. The Morgan fingerprint density at radius 2 is 2.06 bits per heavy atom. The van der Waals surface area contributed by atoms with Crippen molar-refractivity contribution in [2.24, 2.45) is 0 Å². The highest BCUT2D eigenvalue weighted by Gasteiger charge is 2.16. The van der Waals surface area contributed by atoms with E-state index in [0.717, 1.165) is 16.6 Å². The molecule has 0 amide bonds. The van der Waals surface area contributed by atoms with E-state index < -0.39 is 5.60 Å². The minimum absolute atomic E-state index is 0.287. The molecule has 0 saturated heterocycles. The van der Waals surface area contributed by atoms with E-state index in [1.54, 1.807) is 13.8 Å². The Hall–Kier alpha value is -1.55. The van der Waals surface area contributed by atoms with Crippen LogP contribution in [0, 0.1) is 0 Å². The van der Waals surface area contributed by atoms with Gasteiger partial charge in [0.05, 0.1) is 16.6 Å². The molecule has 0 unspecified atom stereocenters. The van der Waals surface area contributed by atoms with Crippen molar-refractivity contribution in [1.82, 2.24) is 9.55 Å². The number of hydrogen-bond donors (Lipinski definition) is 2. The molecule has 1 aromatic carbocycles. The van der Waals surface area contributed by atoms with E-state index in [1.165, 1.54) is 0 Å². The number of aliphatic hydroxyl groups is 1. The smallest absolute Gasteiger partial charge is 0.201 e. The first-order chi connectivity index (χ1) is 8.28. The Morgan fingerprint density at radius 3 is 2.61 bits per heavy atom. The fourth-order valence-corrected chi connectivity index (χ4v) is 2.32. The molecule has 0 aliphatic heterocycles. The lowest BCUT2D eigenvalue weighted by Gasteiger charge is -2.17. The van der Waals surface area contributed by atoms with E-state index in [2.05, 4.69) is 18.8 Å². The molecule has 0 spiro atoms. The molecular formula is C14H21N3O. The molecular weight excluding hydrogens is 226 g/mol. The fraction of sp³-hybridized carbons (Fsp3) is 0.500. The number of rotatable bonds is 3. The van der Waals surface area contributed by atoms with Gasteiger partial charge in [-0.3, -0.25) is 0 Å². The van der Waals surface area contributed by atoms with Crippen molar-refractivity contribution in [3.8, 4) is 0 Å². The molecule has 0 aliphatic rings. The molecule has 0 bridgehead atoms. The second kappa shape index (κ2) is 4.28. The molecule has 18 heavy (non-hydrogen) atoms. The van der Waals surface area contributed by atoms with Crippen LogP contribution in [-0.4, -0.2) is 20.3 Å². The largest absolute Gasteiger partial charge is 0.390 e. The molecule has 0 atom stereocenters. The molecule has 1 aromatic heterocycles. The summed E-state index contributed by atoms with van der Waals surface area (Å²) in [6.45, 7) is 7.78. The van der Waals surface area contributed by atoms with E-state index in [0.29, 0.717) is 12.4 Å². The van der Waals surface area contributed by atoms with Gasteiger partial charge in [-0.1, -0.05) is 6.07 Å². The summed E-state index contributed by atoms with van der Waals surface area (Å²) < 4.78 is 2.02. The molecule has 0 aliphatic carbocycles. The number of imidazole rings is 1. The van der Waals surface area contributed by atoms with Gasteiger partial charge in [-0.15, -0.1) is 0 Å². The van der Waals surface area contributed by atoms with Crippen molar-refractivity contribution in [3.63, 3.8) is 0 Å². The van der Waals surface area contributed by atoms with Crippen LogP contribution in [-0.2, 0) is 6.42 Å². The minimum Gasteiger partial charge on any atom is -0.390 e. The van der Waals surface area contributed by atoms with Crippen LogP contribution in [0.3, 0.4) is 0 Å². The van der Waals surface area contributed by atoms with E-state index in [9.17, 15) is 5.11 Å². The molecule has 98 valence electrons. The Morgan fingerprint density at radius 1 is 1.39 bits per heavy atom. The van der Waals surface area contributed by atoms with Crippen molar-refractivity contribution in [1.29, 1.82) is 0 Å². The Labute approximate surface area is 107 Å². The van der Waals surface area contributed by atoms with Gasteiger partial charge in [-0.25, -0.2) is 4.98 Å². The summed E-state index contributed by atoms with van der Waals surface area (Å²) in [7, 11) is 0. The number of fused-ring (bicyclic) bond motifs is 1. The summed E-state index contributed by atoms with van der Waals surface area (Å²) in [5, 5.41) is 9.84. The predicted octanol–water partition coefficient (Wildman–Crippen LogP) is 2.51. The van der Waals surface area contributed by atoms with Crippen LogP contribution in [0.5, 0.6) is 0 Å². The van der Waals surface area contributed by atoms with Crippen LogP contribution in [0.2, 0.25) is 0 Å². The average molecular weight is 247 g/mol. The maximum absolute atomic E-state index is 9.84. The predicted molar refractivity (Wildman–Crippen MR) is 74.5 cm³/mol. The van der Waals surface area contributed by atoms with Crippen molar-refractivity contribution in [2.45, 2.75) is 45.8 Å². The van der Waals surface area contributed by atoms with Gasteiger partial charge in [0, 0.05) is 12.5 Å². The molecule has 1 heterocycles. The number of nitrogens with two attached hydrogens (primary N) is 1. The molecule has 4 heteroatoms. The molecule has 2 aromatic rings. The van der Waals surface area contributed by atoms with Crippen LogP contribution < -0.4 is 5.73 Å². The third-order valence-corrected chi connectivity index (χ3v) is 2.93. The zero-order valence-electron chi connectivity index (χ0n) is 11.4. The Balaban J connectivity index is 2.48. The summed E-state index contributed by atoms with van der Waals surface area (Å²) in [6, 6.07) is 6.35. The summed E-state index contributed by atoms with van der Waals surface area (Å²) >= 11 is 0. The van der Waals surface area contributed by atoms with Crippen LogP contribution in [0.4, 0.5) is 5.95 Å². The van der Waals surface area contributed by atoms with Crippen molar-refractivity contribution in [3.05, 3.63) is 23.8 Å². The molecule has 0 saturated carbocycles. The van der Waals surface area contributed by atoms with E-state index in [1.807, 2.05) is 22.8 Å². The van der Waals surface area contributed by atoms with Gasteiger partial charge in [0.1, 0.15) is 0 Å². The van der Waals surface area contributed by atoms with Crippen LogP contribution >= 0.6 is 0 Å². The van der Waals surface area contributed by atoms with E-state index in [4.69, 9.17) is 5.73 Å². The summed E-state index contributed by atoms with van der Waals surface area (Å²) in [5.74, 6) is 0.542. The first-order valence-corrected chi connectivity index (χ1v) is 6.26. The lowest BCUT2D eigenvalue weighted by molar-refractivity contribution is 0.0810. The van der Waals surface area contributed by atoms with Gasteiger partial charge in [0.2, 0.25) is 5.95 Å². The maximum Gasteiger partial charge on any atom is 0.201 e.